The summed E-state index contributed by atoms with van der Waals surface area (Å²) in [4.78, 5) is 1.78. The SMILES string of the molecule is CC1CN(n2ccc(-c3cc(Cl)c(O)cc3O)n2)CCN1. The lowest BCUT2D eigenvalue weighted by atomic mass is 10.1. The maximum Gasteiger partial charge on any atom is 0.137 e. The van der Waals surface area contributed by atoms with Crippen LogP contribution in [0.3, 0.4) is 0 Å². The molecule has 1 atom stereocenters. The Balaban J connectivity index is 1.90. The molecule has 1 aromatic carbocycles. The summed E-state index contributed by atoms with van der Waals surface area (Å²) in [5.74, 6) is -0.191. The third-order valence-electron chi connectivity index (χ3n) is 3.55. The maximum absolute atomic E-state index is 9.94. The van der Waals surface area contributed by atoms with Crippen molar-refractivity contribution in [2.75, 3.05) is 24.6 Å². The number of nitrogens with one attached hydrogen (secondary N) is 1. The van der Waals surface area contributed by atoms with Gasteiger partial charge >= 0.3 is 0 Å². The molecule has 1 fully saturated rings. The van der Waals surface area contributed by atoms with Crippen LogP contribution in [0.1, 0.15) is 6.92 Å². The molecule has 0 saturated carbocycles. The van der Waals surface area contributed by atoms with Crippen LogP contribution < -0.4 is 10.3 Å². The molecule has 2 heterocycles. The number of aromatic hydroxyl groups is 2. The minimum atomic E-state index is -0.145. The molecule has 0 aliphatic carbocycles. The van der Waals surface area contributed by atoms with E-state index in [-0.39, 0.29) is 16.5 Å². The largest absolute Gasteiger partial charge is 0.507 e. The van der Waals surface area contributed by atoms with Gasteiger partial charge in [-0.15, -0.1) is 0 Å². The van der Waals surface area contributed by atoms with Crippen molar-refractivity contribution in [1.29, 1.82) is 0 Å². The van der Waals surface area contributed by atoms with Crippen molar-refractivity contribution in [3.63, 3.8) is 0 Å². The average molecular weight is 309 g/mol. The lowest BCUT2D eigenvalue weighted by Crippen LogP contribution is -2.53. The molecule has 3 rings (SSSR count). The zero-order valence-corrected chi connectivity index (χ0v) is 12.4. The Bertz CT molecular complexity index is 658. The number of phenolic OH excluding ortho intramolecular Hbond substituents is 2. The van der Waals surface area contributed by atoms with Crippen LogP contribution in [0.25, 0.3) is 11.3 Å². The molecule has 3 N–H and O–H groups in total. The molecule has 1 unspecified atom stereocenters. The number of aromatic nitrogens is 2. The fraction of sp³-hybridized carbons (Fsp3) is 0.357. The van der Waals surface area contributed by atoms with E-state index in [0.717, 1.165) is 19.6 Å². The lowest BCUT2D eigenvalue weighted by Gasteiger charge is -2.32. The predicted molar refractivity (Wildman–Crippen MR) is 81.4 cm³/mol. The summed E-state index contributed by atoms with van der Waals surface area (Å²) in [5, 5.41) is 29.6. The van der Waals surface area contributed by atoms with Gasteiger partial charge in [-0.2, -0.15) is 9.89 Å². The fourth-order valence-electron chi connectivity index (χ4n) is 2.47. The van der Waals surface area contributed by atoms with E-state index in [1.807, 2.05) is 12.3 Å². The van der Waals surface area contributed by atoms with Gasteiger partial charge in [-0.05, 0) is 19.1 Å². The molecule has 1 aromatic heterocycles. The minimum absolute atomic E-state index is 0.0455. The number of piperazine rings is 1. The molecule has 0 bridgehead atoms. The number of rotatable bonds is 2. The smallest absolute Gasteiger partial charge is 0.137 e. The average Bonchev–Trinajstić information content (AvgIpc) is 2.92. The number of benzene rings is 1. The highest BCUT2D eigenvalue weighted by atomic mass is 35.5. The minimum Gasteiger partial charge on any atom is -0.507 e. The molecule has 112 valence electrons. The molecule has 0 spiro atoms. The topological polar surface area (TPSA) is 73.5 Å². The van der Waals surface area contributed by atoms with Crippen molar-refractivity contribution >= 4 is 11.6 Å². The van der Waals surface area contributed by atoms with Crippen LogP contribution in [0.15, 0.2) is 24.4 Å². The van der Waals surface area contributed by atoms with Gasteiger partial charge < -0.3 is 15.5 Å². The molecule has 21 heavy (non-hydrogen) atoms. The van der Waals surface area contributed by atoms with Crippen LogP contribution in [0.5, 0.6) is 11.5 Å². The second-order valence-electron chi connectivity index (χ2n) is 5.21. The predicted octanol–water partition coefficient (Wildman–Crippen LogP) is 1.54. The zero-order chi connectivity index (χ0) is 15.0. The van der Waals surface area contributed by atoms with E-state index in [9.17, 15) is 10.2 Å². The van der Waals surface area contributed by atoms with E-state index in [4.69, 9.17) is 11.6 Å². The highest BCUT2D eigenvalue weighted by Gasteiger charge is 2.18. The molecule has 1 saturated heterocycles. The lowest BCUT2D eigenvalue weighted by molar-refractivity contribution is 0.401. The van der Waals surface area contributed by atoms with Gasteiger partial charge in [0.15, 0.2) is 0 Å². The third kappa shape index (κ3) is 2.77. The molecule has 0 amide bonds. The first-order valence-electron chi connectivity index (χ1n) is 6.80. The van der Waals surface area contributed by atoms with Crippen molar-refractivity contribution in [2.24, 2.45) is 0 Å². The molecular weight excluding hydrogens is 292 g/mol. The summed E-state index contributed by atoms with van der Waals surface area (Å²) in [7, 11) is 0. The monoisotopic (exact) mass is 308 g/mol. The molecule has 6 nitrogen and oxygen atoms in total. The van der Waals surface area contributed by atoms with Crippen LogP contribution in [0.4, 0.5) is 0 Å². The van der Waals surface area contributed by atoms with Gasteiger partial charge in [0.05, 0.1) is 17.3 Å². The Kier molecular flexibility index (Phi) is 3.65. The quantitative estimate of drug-likeness (QED) is 0.785. The standard InChI is InChI=1S/C14H17ClN4O2/c1-9-8-18(5-3-16-9)19-4-2-12(17-19)10-6-11(15)14(21)7-13(10)20/h2,4,6-7,9,16,20-21H,3,5,8H2,1H3. The molecule has 0 radical (unpaired) electrons. The van der Waals surface area contributed by atoms with Crippen LogP contribution >= 0.6 is 11.6 Å². The van der Waals surface area contributed by atoms with Crippen molar-refractivity contribution < 1.29 is 10.2 Å². The van der Waals surface area contributed by atoms with Gasteiger partial charge in [0.2, 0.25) is 0 Å². The molecule has 1 aliphatic rings. The number of halogens is 1. The molecule has 2 aromatic rings. The molecule has 7 heteroatoms. The molecular formula is C14H17ClN4O2. The first-order chi connectivity index (χ1) is 10.0. The first kappa shape index (κ1) is 14.0. The first-order valence-corrected chi connectivity index (χ1v) is 7.18. The van der Waals surface area contributed by atoms with Gasteiger partial charge in [0, 0.05) is 37.0 Å². The summed E-state index contributed by atoms with van der Waals surface area (Å²) >= 11 is 5.90. The zero-order valence-electron chi connectivity index (χ0n) is 11.6. The Morgan fingerprint density at radius 2 is 2.14 bits per heavy atom. The van der Waals surface area contributed by atoms with Gasteiger partial charge in [0.1, 0.15) is 11.5 Å². The molecule has 1 aliphatic heterocycles. The van der Waals surface area contributed by atoms with Gasteiger partial charge in [-0.25, -0.2) is 0 Å². The second kappa shape index (κ2) is 5.46. The number of phenols is 2. The maximum atomic E-state index is 9.94. The Morgan fingerprint density at radius 3 is 2.90 bits per heavy atom. The van der Waals surface area contributed by atoms with E-state index >= 15 is 0 Å². The van der Waals surface area contributed by atoms with E-state index in [0.29, 0.717) is 17.3 Å². The van der Waals surface area contributed by atoms with Crippen LogP contribution in [-0.4, -0.2) is 45.8 Å². The van der Waals surface area contributed by atoms with Crippen molar-refractivity contribution in [1.82, 2.24) is 15.2 Å². The van der Waals surface area contributed by atoms with E-state index in [1.165, 1.54) is 12.1 Å². The highest BCUT2D eigenvalue weighted by Crippen LogP contribution is 2.36. The Hall–Kier alpha value is -1.92. The van der Waals surface area contributed by atoms with Crippen molar-refractivity contribution in [3.05, 3.63) is 29.4 Å². The summed E-state index contributed by atoms with van der Waals surface area (Å²) in [6.45, 7) is 4.77. The summed E-state index contributed by atoms with van der Waals surface area (Å²) in [6, 6.07) is 4.96. The second-order valence-corrected chi connectivity index (χ2v) is 5.62. The summed E-state index contributed by atoms with van der Waals surface area (Å²) < 4.78 is 0. The number of nitrogens with zero attached hydrogens (tertiary/aromatic N) is 3. The van der Waals surface area contributed by atoms with Crippen LogP contribution in [-0.2, 0) is 0 Å². The van der Waals surface area contributed by atoms with E-state index < -0.39 is 0 Å². The van der Waals surface area contributed by atoms with Gasteiger partial charge in [-0.3, -0.25) is 5.01 Å². The normalized spacial score (nSPS) is 19.0. The highest BCUT2D eigenvalue weighted by molar-refractivity contribution is 6.32. The van der Waals surface area contributed by atoms with E-state index in [2.05, 4.69) is 22.3 Å². The van der Waals surface area contributed by atoms with Crippen molar-refractivity contribution in [3.8, 4) is 22.8 Å². The number of hydrogen-bond acceptors (Lipinski definition) is 5. The summed E-state index contributed by atoms with van der Waals surface area (Å²) in [6.07, 6.45) is 1.85. The third-order valence-corrected chi connectivity index (χ3v) is 3.86. The van der Waals surface area contributed by atoms with Crippen LogP contribution in [0.2, 0.25) is 5.02 Å². The Labute approximate surface area is 127 Å². The van der Waals surface area contributed by atoms with Crippen LogP contribution in [0, 0.1) is 0 Å². The number of hydrogen-bond donors (Lipinski definition) is 3. The summed E-state index contributed by atoms with van der Waals surface area (Å²) in [5.41, 5.74) is 1.11. The fourth-order valence-corrected chi connectivity index (χ4v) is 2.63. The van der Waals surface area contributed by atoms with Gasteiger partial charge in [-0.1, -0.05) is 11.6 Å². The Morgan fingerprint density at radius 1 is 1.33 bits per heavy atom. The van der Waals surface area contributed by atoms with E-state index in [1.54, 1.807) is 4.79 Å². The van der Waals surface area contributed by atoms with Crippen molar-refractivity contribution in [2.45, 2.75) is 13.0 Å². The van der Waals surface area contributed by atoms with Gasteiger partial charge in [0.25, 0.3) is 0 Å².